The Kier molecular flexibility index (Phi) is 6.95. The van der Waals surface area contributed by atoms with Crippen molar-refractivity contribution in [3.63, 3.8) is 0 Å². The van der Waals surface area contributed by atoms with Crippen molar-refractivity contribution in [3.05, 3.63) is 0 Å². The van der Waals surface area contributed by atoms with Gasteiger partial charge in [-0.05, 0) is 12.8 Å². The summed E-state index contributed by atoms with van der Waals surface area (Å²) >= 11 is 2.62. The van der Waals surface area contributed by atoms with E-state index < -0.39 is 0 Å². The molecule has 43 valence electrons. The Hall–Kier alpha value is 0.492. The summed E-state index contributed by atoms with van der Waals surface area (Å²) in [5.74, 6) is 1.88. The van der Waals surface area contributed by atoms with E-state index in [0.29, 0.717) is 0 Å². The van der Waals surface area contributed by atoms with Crippen molar-refractivity contribution in [2.75, 3.05) is 13.2 Å². The van der Waals surface area contributed by atoms with Crippen molar-refractivity contribution < 1.29 is 21.0 Å². The SMILES string of the molecule is C1CCOC1.[CH3][Cr]. The van der Waals surface area contributed by atoms with Gasteiger partial charge in [0.15, 0.2) is 0 Å². The predicted molar refractivity (Wildman–Crippen MR) is 25.9 cm³/mol. The Balaban J connectivity index is 0.000000162. The van der Waals surface area contributed by atoms with Crippen molar-refractivity contribution in [2.24, 2.45) is 0 Å². The molecule has 1 nitrogen and oxygen atoms in total. The molecule has 7 heavy (non-hydrogen) atoms. The molecule has 0 radical (unpaired) electrons. The predicted octanol–water partition coefficient (Wildman–Crippen LogP) is 1.38. The Morgan fingerprint density at radius 2 is 1.57 bits per heavy atom. The molecule has 0 atom stereocenters. The molecule has 1 aliphatic heterocycles. The zero-order chi connectivity index (χ0) is 5.54. The first-order valence-electron chi connectivity index (χ1n) is 2.49. The maximum atomic E-state index is 4.94. The average Bonchev–Trinajstić information content (AvgIpc) is 2.23. The van der Waals surface area contributed by atoms with Crippen molar-refractivity contribution in [2.45, 2.75) is 18.6 Å². The van der Waals surface area contributed by atoms with Crippen LogP contribution in [-0.4, -0.2) is 13.2 Å². The summed E-state index contributed by atoms with van der Waals surface area (Å²) in [5.41, 5.74) is 0. The fourth-order valence-corrected chi connectivity index (χ4v) is 0.510. The van der Waals surface area contributed by atoms with Gasteiger partial charge in [0.25, 0.3) is 0 Å². The first kappa shape index (κ1) is 7.49. The van der Waals surface area contributed by atoms with Crippen molar-refractivity contribution in [1.29, 1.82) is 0 Å². The van der Waals surface area contributed by atoms with Crippen LogP contribution in [0.1, 0.15) is 12.8 Å². The van der Waals surface area contributed by atoms with E-state index in [1.54, 1.807) is 0 Å². The van der Waals surface area contributed by atoms with E-state index in [9.17, 15) is 0 Å². The quantitative estimate of drug-likeness (QED) is 0.492. The zero-order valence-corrected chi connectivity index (χ0v) is 5.92. The zero-order valence-electron chi connectivity index (χ0n) is 4.64. The van der Waals surface area contributed by atoms with Gasteiger partial charge in [-0.1, -0.05) is 0 Å². The van der Waals surface area contributed by atoms with Crippen LogP contribution < -0.4 is 0 Å². The van der Waals surface area contributed by atoms with Crippen LogP contribution in [0.5, 0.6) is 0 Å². The molecule has 1 rings (SSSR count). The van der Waals surface area contributed by atoms with E-state index in [1.165, 1.54) is 12.8 Å². The van der Waals surface area contributed by atoms with Crippen LogP contribution >= 0.6 is 0 Å². The van der Waals surface area contributed by atoms with Crippen LogP contribution in [0.2, 0.25) is 5.79 Å². The van der Waals surface area contributed by atoms with Gasteiger partial charge in [-0.2, -0.15) is 0 Å². The molecule has 0 aliphatic carbocycles. The van der Waals surface area contributed by atoms with Crippen LogP contribution in [-0.2, 0) is 21.0 Å². The molecule has 2 heteroatoms. The molecule has 0 amide bonds. The fourth-order valence-electron chi connectivity index (χ4n) is 0.510. The molecule has 0 spiro atoms. The van der Waals surface area contributed by atoms with Crippen LogP contribution in [0.15, 0.2) is 0 Å². The number of hydrogen-bond acceptors (Lipinski definition) is 1. The summed E-state index contributed by atoms with van der Waals surface area (Å²) in [7, 11) is 0. The van der Waals surface area contributed by atoms with Crippen LogP contribution in [0, 0.1) is 0 Å². The van der Waals surface area contributed by atoms with Gasteiger partial charge in [0.1, 0.15) is 0 Å². The van der Waals surface area contributed by atoms with E-state index in [-0.39, 0.29) is 0 Å². The van der Waals surface area contributed by atoms with Gasteiger partial charge in [0.2, 0.25) is 0 Å². The molecule has 0 saturated carbocycles. The van der Waals surface area contributed by atoms with E-state index in [0.717, 1.165) is 13.2 Å². The standard InChI is InChI=1S/C4H8O.CH3.Cr/c1-2-4-5-3-1;;/h1-4H2;1H3;. The third-order valence-electron chi connectivity index (χ3n) is 0.827. The molecule has 0 aromatic rings. The second-order valence-electron chi connectivity index (χ2n) is 1.32. The molecule has 1 aliphatic rings. The Labute approximate surface area is 53.5 Å². The van der Waals surface area contributed by atoms with Crippen LogP contribution in [0.3, 0.4) is 0 Å². The van der Waals surface area contributed by atoms with Gasteiger partial charge in [-0.3, -0.25) is 0 Å². The van der Waals surface area contributed by atoms with Gasteiger partial charge < -0.3 is 4.74 Å². The summed E-state index contributed by atoms with van der Waals surface area (Å²) in [5, 5.41) is 0. The molecule has 1 heterocycles. The van der Waals surface area contributed by atoms with Crippen molar-refractivity contribution in [1.82, 2.24) is 0 Å². The number of hydrogen-bond donors (Lipinski definition) is 0. The molecule has 0 aromatic carbocycles. The van der Waals surface area contributed by atoms with Crippen LogP contribution in [0.4, 0.5) is 0 Å². The summed E-state index contributed by atoms with van der Waals surface area (Å²) in [6.45, 7) is 2.00. The Morgan fingerprint density at radius 1 is 1.14 bits per heavy atom. The van der Waals surface area contributed by atoms with E-state index in [2.05, 4.69) is 16.3 Å². The summed E-state index contributed by atoms with van der Waals surface area (Å²) < 4.78 is 4.94. The van der Waals surface area contributed by atoms with Gasteiger partial charge in [-0.15, -0.1) is 0 Å². The number of ether oxygens (including phenoxy) is 1. The van der Waals surface area contributed by atoms with Gasteiger partial charge in [0, 0.05) is 13.2 Å². The van der Waals surface area contributed by atoms with Crippen molar-refractivity contribution >= 4 is 0 Å². The molecule has 0 unspecified atom stereocenters. The maximum absolute atomic E-state index is 4.94. The molecular formula is C5H11CrO. The summed E-state index contributed by atoms with van der Waals surface area (Å²) in [6, 6.07) is 0. The fraction of sp³-hybridized carbons (Fsp3) is 1.00. The minimum atomic E-state index is 1.00. The topological polar surface area (TPSA) is 9.23 Å². The van der Waals surface area contributed by atoms with Gasteiger partial charge in [0.05, 0.1) is 0 Å². The Morgan fingerprint density at radius 3 is 1.71 bits per heavy atom. The Bertz CT molecular complexity index is 19.7. The van der Waals surface area contributed by atoms with E-state index >= 15 is 0 Å². The normalized spacial score (nSPS) is 17.9. The second kappa shape index (κ2) is 6.49. The minimum absolute atomic E-state index is 1.00. The first-order valence-corrected chi connectivity index (χ1v) is 3.76. The molecule has 0 bridgehead atoms. The third kappa shape index (κ3) is 4.34. The monoisotopic (exact) mass is 139 g/mol. The van der Waals surface area contributed by atoms with E-state index in [4.69, 9.17) is 4.74 Å². The van der Waals surface area contributed by atoms with Crippen LogP contribution in [0.25, 0.3) is 0 Å². The molecule has 0 N–H and O–H groups in total. The van der Waals surface area contributed by atoms with Gasteiger partial charge in [-0.25, -0.2) is 0 Å². The summed E-state index contributed by atoms with van der Waals surface area (Å²) in [4.78, 5) is 0. The van der Waals surface area contributed by atoms with Gasteiger partial charge >= 0.3 is 22.1 Å². The molecule has 1 fully saturated rings. The number of rotatable bonds is 0. The first-order chi connectivity index (χ1) is 3.50. The summed E-state index contributed by atoms with van der Waals surface area (Å²) in [6.07, 6.45) is 2.56. The van der Waals surface area contributed by atoms with E-state index in [1.807, 2.05) is 5.79 Å². The van der Waals surface area contributed by atoms with Crippen molar-refractivity contribution in [3.8, 4) is 0 Å². The molecule has 1 saturated heterocycles. The average molecular weight is 139 g/mol. The second-order valence-corrected chi connectivity index (χ2v) is 1.32. The third-order valence-corrected chi connectivity index (χ3v) is 0.827. The molecular weight excluding hydrogens is 128 g/mol. The molecule has 0 aromatic heterocycles.